The summed E-state index contributed by atoms with van der Waals surface area (Å²) in [6.45, 7) is 0.979. The Balaban J connectivity index is 1.79. The van der Waals surface area contributed by atoms with E-state index >= 15 is 0 Å². The number of hydrogen-bond donors (Lipinski definition) is 1. The highest BCUT2D eigenvalue weighted by Crippen LogP contribution is 2.05. The molecule has 0 saturated carbocycles. The first-order valence-corrected chi connectivity index (χ1v) is 8.07. The van der Waals surface area contributed by atoms with Crippen molar-refractivity contribution in [2.45, 2.75) is 19.3 Å². The largest absolute Gasteiger partial charge is 0.508 e. The predicted octanol–water partition coefficient (Wildman–Crippen LogP) is 1.43. The first kappa shape index (κ1) is 18.8. The Bertz CT molecular complexity index is 589. The minimum atomic E-state index is -0.570. The van der Waals surface area contributed by atoms with E-state index in [2.05, 4.69) is 0 Å². The van der Waals surface area contributed by atoms with Gasteiger partial charge in [0.05, 0.1) is 26.4 Å². The van der Waals surface area contributed by atoms with Gasteiger partial charge in [0.1, 0.15) is 6.10 Å². The number of nitrogens with zero attached hydrogens (tertiary/aromatic N) is 1. The summed E-state index contributed by atoms with van der Waals surface area (Å²) in [5, 5.41) is 1.78. The third-order valence-corrected chi connectivity index (χ3v) is 3.35. The Morgan fingerprint density at radius 1 is 0.880 bits per heavy atom. The molecule has 0 unspecified atom stereocenters. The van der Waals surface area contributed by atoms with Crippen LogP contribution in [0.3, 0.4) is 0 Å². The highest BCUT2D eigenvalue weighted by Gasteiger charge is 2.16. The molecule has 0 saturated heterocycles. The first-order chi connectivity index (χ1) is 12.3. The van der Waals surface area contributed by atoms with E-state index in [0.29, 0.717) is 13.2 Å². The molecule has 0 aliphatic heterocycles. The smallest absolute Gasteiger partial charge is 0.371 e. The number of carbonyl (C=O) groups excluding carboxylic acids is 1. The summed E-state index contributed by atoms with van der Waals surface area (Å²) < 4.78 is 16.5. The molecule has 0 atom stereocenters. The van der Waals surface area contributed by atoms with Gasteiger partial charge in [0.2, 0.25) is 6.54 Å². The average molecular weight is 342 g/mol. The molecule has 6 nitrogen and oxygen atoms in total. The molecule has 0 spiro atoms. The summed E-state index contributed by atoms with van der Waals surface area (Å²) >= 11 is 0. The Hall–Kier alpha value is -2.57. The lowest BCUT2D eigenvalue weighted by Gasteiger charge is -2.17. The SMILES string of the molecule is [N-]=[NH+]CC(=O)OC(COCc1ccccc1)COCc1ccccc1. The number of hydrogen-bond acceptors (Lipinski definition) is 4. The van der Waals surface area contributed by atoms with Crippen molar-refractivity contribution >= 4 is 5.97 Å². The maximum absolute atomic E-state index is 11.6. The lowest BCUT2D eigenvalue weighted by Crippen LogP contribution is -2.66. The summed E-state index contributed by atoms with van der Waals surface area (Å²) in [6.07, 6.45) is -0.548. The van der Waals surface area contributed by atoms with E-state index in [0.717, 1.165) is 11.1 Å². The van der Waals surface area contributed by atoms with E-state index in [9.17, 15) is 4.79 Å². The van der Waals surface area contributed by atoms with Crippen molar-refractivity contribution in [3.8, 4) is 0 Å². The van der Waals surface area contributed by atoms with E-state index in [1.165, 1.54) is 0 Å². The van der Waals surface area contributed by atoms with Crippen LogP contribution in [0, 0.1) is 0 Å². The molecule has 0 heterocycles. The second kappa shape index (κ2) is 11.1. The minimum Gasteiger partial charge on any atom is -0.508 e. The van der Waals surface area contributed by atoms with Crippen LogP contribution in [-0.4, -0.2) is 31.8 Å². The third kappa shape index (κ3) is 7.69. The van der Waals surface area contributed by atoms with Gasteiger partial charge in [0.15, 0.2) is 0 Å². The Morgan fingerprint density at radius 3 is 1.80 bits per heavy atom. The van der Waals surface area contributed by atoms with Gasteiger partial charge < -0.3 is 24.9 Å². The molecule has 132 valence electrons. The first-order valence-electron chi connectivity index (χ1n) is 8.07. The quantitative estimate of drug-likeness (QED) is 0.495. The van der Waals surface area contributed by atoms with Crippen LogP contribution < -0.4 is 5.11 Å². The van der Waals surface area contributed by atoms with Gasteiger partial charge in [0.25, 0.3) is 0 Å². The number of benzene rings is 2. The fourth-order valence-corrected chi connectivity index (χ4v) is 2.17. The van der Waals surface area contributed by atoms with E-state index in [1.54, 1.807) is 5.11 Å². The maximum atomic E-state index is 11.6. The van der Waals surface area contributed by atoms with Crippen molar-refractivity contribution in [2.24, 2.45) is 0 Å². The van der Waals surface area contributed by atoms with Gasteiger partial charge in [-0.1, -0.05) is 60.7 Å². The van der Waals surface area contributed by atoms with Gasteiger partial charge >= 0.3 is 5.97 Å². The Morgan fingerprint density at radius 2 is 1.36 bits per heavy atom. The third-order valence-electron chi connectivity index (χ3n) is 3.35. The van der Waals surface area contributed by atoms with E-state index in [4.69, 9.17) is 19.7 Å². The molecule has 0 radical (unpaired) electrons. The highest BCUT2D eigenvalue weighted by molar-refractivity contribution is 5.70. The predicted molar refractivity (Wildman–Crippen MR) is 91.3 cm³/mol. The zero-order valence-corrected chi connectivity index (χ0v) is 14.0. The summed E-state index contributed by atoms with van der Waals surface area (Å²) in [5.74, 6) is -0.570. The fourth-order valence-electron chi connectivity index (χ4n) is 2.17. The van der Waals surface area contributed by atoms with E-state index in [-0.39, 0.29) is 19.8 Å². The van der Waals surface area contributed by atoms with Gasteiger partial charge in [-0.3, -0.25) is 0 Å². The van der Waals surface area contributed by atoms with Crippen molar-refractivity contribution in [3.63, 3.8) is 0 Å². The Labute approximate surface area is 147 Å². The second-order valence-electron chi connectivity index (χ2n) is 5.45. The minimum absolute atomic E-state index is 0.209. The van der Waals surface area contributed by atoms with Crippen LogP contribution in [0.15, 0.2) is 60.7 Å². The second-order valence-corrected chi connectivity index (χ2v) is 5.45. The number of rotatable bonds is 11. The molecule has 0 bridgehead atoms. The van der Waals surface area contributed by atoms with E-state index in [1.807, 2.05) is 60.7 Å². The monoisotopic (exact) mass is 342 g/mol. The normalized spacial score (nSPS) is 10.6. The van der Waals surface area contributed by atoms with Crippen LogP contribution in [0.2, 0.25) is 0 Å². The van der Waals surface area contributed by atoms with Crippen molar-refractivity contribution in [1.29, 1.82) is 0 Å². The van der Waals surface area contributed by atoms with Crippen LogP contribution in [-0.2, 0) is 32.2 Å². The van der Waals surface area contributed by atoms with Gasteiger partial charge in [-0.05, 0) is 11.1 Å². The summed E-state index contributed by atoms with van der Waals surface area (Å²) in [7, 11) is 0. The van der Waals surface area contributed by atoms with E-state index < -0.39 is 12.1 Å². The van der Waals surface area contributed by atoms with Crippen LogP contribution >= 0.6 is 0 Å². The van der Waals surface area contributed by atoms with Crippen LogP contribution in [0.1, 0.15) is 11.1 Å². The van der Waals surface area contributed by atoms with Crippen LogP contribution in [0.25, 0.3) is 5.53 Å². The van der Waals surface area contributed by atoms with Gasteiger partial charge in [-0.2, -0.15) is 0 Å². The molecule has 0 amide bonds. The standard InChI is InChI=1S/C19H22N2O4/c20-21-11-19(22)25-18(14-23-12-16-7-3-1-4-8-16)15-24-13-17-9-5-2-6-10-17/h1-10,18,21H,11-15H2. The number of ether oxygens (including phenoxy) is 3. The lowest BCUT2D eigenvalue weighted by atomic mass is 10.2. The number of carbonyl (C=O) groups is 1. The fraction of sp³-hybridized carbons (Fsp3) is 0.316. The van der Waals surface area contributed by atoms with Crippen molar-refractivity contribution in [3.05, 3.63) is 77.3 Å². The molecule has 2 aromatic rings. The molecular weight excluding hydrogens is 320 g/mol. The van der Waals surface area contributed by atoms with Gasteiger partial charge in [0, 0.05) is 0 Å². The lowest BCUT2D eigenvalue weighted by molar-refractivity contribution is -0.471. The zero-order valence-electron chi connectivity index (χ0n) is 14.0. The van der Waals surface area contributed by atoms with Gasteiger partial charge in [-0.15, -0.1) is 0 Å². The average Bonchev–Trinajstić information content (AvgIpc) is 2.63. The number of esters is 1. The molecule has 0 aromatic heterocycles. The number of nitrogens with one attached hydrogen (secondary N) is 1. The molecule has 0 fully saturated rings. The zero-order chi connectivity index (χ0) is 17.7. The molecule has 0 aliphatic rings. The van der Waals surface area contributed by atoms with Crippen LogP contribution in [0.4, 0.5) is 0 Å². The van der Waals surface area contributed by atoms with Crippen molar-refractivity contribution in [2.75, 3.05) is 19.8 Å². The summed E-state index contributed by atoms with van der Waals surface area (Å²) in [4.78, 5) is 11.6. The molecule has 0 aliphatic carbocycles. The van der Waals surface area contributed by atoms with Crippen molar-refractivity contribution in [1.82, 2.24) is 0 Å². The van der Waals surface area contributed by atoms with Crippen molar-refractivity contribution < 1.29 is 24.1 Å². The molecular formula is C19H22N2O4. The molecule has 1 N–H and O–H groups in total. The molecule has 2 rings (SSSR count). The molecule has 6 heteroatoms. The van der Waals surface area contributed by atoms with Gasteiger partial charge in [-0.25, -0.2) is 4.79 Å². The molecule has 2 aromatic carbocycles. The highest BCUT2D eigenvalue weighted by atomic mass is 16.6. The summed E-state index contributed by atoms with van der Waals surface area (Å²) in [5.41, 5.74) is 10.7. The topological polar surface area (TPSA) is 81.0 Å². The Kier molecular flexibility index (Phi) is 8.31. The summed E-state index contributed by atoms with van der Waals surface area (Å²) in [6, 6.07) is 19.5. The van der Waals surface area contributed by atoms with Crippen LogP contribution in [0.5, 0.6) is 0 Å². The maximum Gasteiger partial charge on any atom is 0.371 e. The molecule has 25 heavy (non-hydrogen) atoms.